The molecule has 6 rings (SSSR count). The number of nitrogens with one attached hydrogen (secondary N) is 1. The zero-order valence-corrected chi connectivity index (χ0v) is 30.9. The zero-order valence-electron chi connectivity index (χ0n) is 29.8. The van der Waals surface area contributed by atoms with E-state index >= 15 is 0 Å². The van der Waals surface area contributed by atoms with Crippen LogP contribution in [0.15, 0.2) is 88.1 Å². The number of hydrogen-bond acceptors (Lipinski definition) is 14. The van der Waals surface area contributed by atoms with Gasteiger partial charge in [-0.15, -0.1) is 10.2 Å². The molecule has 0 atom stereocenters. The molecule has 12 N–H and O–H groups in total. The van der Waals surface area contributed by atoms with Crippen LogP contribution in [-0.4, -0.2) is 52.6 Å². The number of azo groups is 2. The second kappa shape index (κ2) is 23.0. The summed E-state index contributed by atoms with van der Waals surface area (Å²) < 4.78 is 0. The van der Waals surface area contributed by atoms with Crippen LogP contribution < -0.4 is 16.6 Å². The van der Waals surface area contributed by atoms with Crippen LogP contribution in [0.2, 0.25) is 0 Å². The predicted octanol–water partition coefficient (Wildman–Crippen LogP) is 6.62. The van der Waals surface area contributed by atoms with Gasteiger partial charge in [-0.1, -0.05) is 43.6 Å². The third-order valence-corrected chi connectivity index (χ3v) is 8.16. The summed E-state index contributed by atoms with van der Waals surface area (Å²) in [6.07, 6.45) is 13.3. The molecule has 0 unspecified atom stereocenters. The summed E-state index contributed by atoms with van der Waals surface area (Å²) in [5, 5.41) is 89.4. The number of nitrogens with zero attached hydrogens (tertiary/aromatic N) is 5. The fourth-order valence-electron chi connectivity index (χ4n) is 5.15. The van der Waals surface area contributed by atoms with Gasteiger partial charge in [0.15, 0.2) is 17.2 Å². The molecule has 18 nitrogen and oxygen atoms in total. The van der Waals surface area contributed by atoms with E-state index in [1.54, 1.807) is 0 Å². The van der Waals surface area contributed by atoms with Crippen molar-refractivity contribution in [1.29, 1.82) is 0 Å². The first kappa shape index (κ1) is 45.3. The molecule has 0 spiro atoms. The molecule has 0 saturated heterocycles. The Bertz CT molecular complexity index is 1780. The monoisotopic (exact) mass is 806 g/mol. The first-order valence-electron chi connectivity index (χ1n) is 17.1. The van der Waals surface area contributed by atoms with Crippen molar-refractivity contribution in [3.63, 3.8) is 0 Å². The van der Waals surface area contributed by atoms with Gasteiger partial charge in [0.2, 0.25) is 0 Å². The van der Waals surface area contributed by atoms with Crippen LogP contribution >= 0.6 is 0 Å². The standard InChI is InChI=1S/2C12H9N3O5.2C6H13N.Fe/c2*16-8-2-4-10(12(18)6-8)14-13-9-3-1-7(15(19)20)5-11(9)17;2*7-6-4-2-1-3-5-6;/h2*1-6,16-18H;2*6H,1-5,7H2;/p+2. The first-order chi connectivity index (χ1) is 25.7. The fourth-order valence-corrected chi connectivity index (χ4v) is 5.15. The predicted molar refractivity (Wildman–Crippen MR) is 199 cm³/mol. The Morgan fingerprint density at radius 3 is 1.45 bits per heavy atom. The Morgan fingerprint density at radius 2 is 1.04 bits per heavy atom. The molecule has 0 radical (unpaired) electrons. The molecule has 2 aliphatic rings. The van der Waals surface area contributed by atoms with Gasteiger partial charge in [-0.25, -0.2) is 0 Å². The van der Waals surface area contributed by atoms with Crippen LogP contribution in [0.5, 0.6) is 34.5 Å². The molecular formula is C36H46FeN8O10+2. The van der Waals surface area contributed by atoms with Crippen molar-refractivity contribution in [1.82, 2.24) is 0 Å². The van der Waals surface area contributed by atoms with E-state index in [2.05, 4.69) is 20.5 Å². The minimum absolute atomic E-state index is 0. The number of hydrogen-bond donors (Lipinski definition) is 8. The van der Waals surface area contributed by atoms with Gasteiger partial charge in [-0.3, -0.25) is 20.2 Å². The van der Waals surface area contributed by atoms with Gasteiger partial charge in [-0.05, 0) is 49.9 Å². The Kier molecular flexibility index (Phi) is 19.0. The summed E-state index contributed by atoms with van der Waals surface area (Å²) in [5.41, 5.74) is 11.2. The summed E-state index contributed by atoms with van der Waals surface area (Å²) in [6.45, 7) is 0. The molecule has 2 fully saturated rings. The van der Waals surface area contributed by atoms with Crippen LogP contribution in [-0.2, 0) is 17.1 Å². The third-order valence-electron chi connectivity index (χ3n) is 8.16. The molecule has 55 heavy (non-hydrogen) atoms. The van der Waals surface area contributed by atoms with Crippen molar-refractivity contribution in [2.75, 3.05) is 0 Å². The second-order valence-electron chi connectivity index (χ2n) is 12.5. The van der Waals surface area contributed by atoms with Crippen molar-refractivity contribution >= 4 is 34.1 Å². The molecule has 0 bridgehead atoms. The van der Waals surface area contributed by atoms with Crippen LogP contribution in [0.25, 0.3) is 0 Å². The van der Waals surface area contributed by atoms with Gasteiger partial charge in [-0.2, -0.15) is 0 Å². The quantitative estimate of drug-likeness (QED) is 0.0256. The molecule has 4 aromatic carbocycles. The zero-order chi connectivity index (χ0) is 39.6. The van der Waals surface area contributed by atoms with Crippen molar-refractivity contribution < 1.29 is 62.7 Å². The maximum Gasteiger partial charge on any atom is 0.273 e. The Morgan fingerprint density at radius 1 is 0.600 bits per heavy atom. The molecule has 2 aliphatic carbocycles. The number of nitrogens with two attached hydrogens (primary N) is 2. The summed E-state index contributed by atoms with van der Waals surface area (Å²) in [6, 6.07) is 15.7. The number of nitro benzene ring substituents is 2. The maximum atomic E-state index is 10.5. The van der Waals surface area contributed by atoms with E-state index in [1.807, 2.05) is 0 Å². The van der Waals surface area contributed by atoms with Gasteiger partial charge >= 0.3 is 0 Å². The number of phenolic OH excluding ortho intramolecular Hbond substituents is 5. The fraction of sp³-hybridized carbons (Fsp3) is 0.333. The number of non-ortho nitro benzene ring substituents is 2. The van der Waals surface area contributed by atoms with Crippen molar-refractivity contribution in [2.45, 2.75) is 76.3 Å². The largest absolute Gasteiger partial charge is 0.593 e. The van der Waals surface area contributed by atoms with E-state index in [0.29, 0.717) is 12.1 Å². The second-order valence-corrected chi connectivity index (χ2v) is 12.5. The summed E-state index contributed by atoms with van der Waals surface area (Å²) in [7, 11) is 0. The summed E-state index contributed by atoms with van der Waals surface area (Å²) in [4.78, 5) is 19.8. The van der Waals surface area contributed by atoms with E-state index in [9.17, 15) is 40.7 Å². The van der Waals surface area contributed by atoms with Crippen LogP contribution in [0.1, 0.15) is 64.2 Å². The average molecular weight is 807 g/mol. The molecular weight excluding hydrogens is 760 g/mol. The van der Waals surface area contributed by atoms with Crippen LogP contribution in [0, 0.1) is 20.2 Å². The van der Waals surface area contributed by atoms with Crippen LogP contribution in [0.4, 0.5) is 34.1 Å². The minimum atomic E-state index is -0.646. The van der Waals surface area contributed by atoms with E-state index in [1.165, 1.54) is 119 Å². The van der Waals surface area contributed by atoms with E-state index in [4.69, 9.17) is 21.7 Å². The summed E-state index contributed by atoms with van der Waals surface area (Å²) in [5.74, 6) is -1.19. The number of aromatic hydroxyl groups is 5. The van der Waals surface area contributed by atoms with Crippen molar-refractivity contribution in [3.05, 3.63) is 93.0 Å². The Labute approximate surface area is 326 Å². The number of nitro groups is 2. The van der Waals surface area contributed by atoms with E-state index in [-0.39, 0.29) is 79.9 Å². The summed E-state index contributed by atoms with van der Waals surface area (Å²) >= 11 is 0. The molecule has 0 heterocycles. The average Bonchev–Trinajstić information content (AvgIpc) is 3.13. The number of phenols is 5. The van der Waals surface area contributed by atoms with Crippen molar-refractivity contribution in [3.8, 4) is 34.5 Å². The van der Waals surface area contributed by atoms with E-state index < -0.39 is 15.6 Å². The van der Waals surface area contributed by atoms with Crippen LogP contribution in [0.3, 0.4) is 0 Å². The SMILES string of the molecule is NC1CCCCC1.NC1CCCCC1.O=[N+]([O-])c1ccc(N=Nc2ccc(O)cc2O)c(O)c1.O=[N+]([O-])c1ccc([NH+]=Nc2ccc([OH2+])cc2O)c(O)c1.[Fe]. The molecule has 19 heteroatoms. The number of benzene rings is 4. The van der Waals surface area contributed by atoms with Gasteiger partial charge in [0.05, 0.1) is 28.0 Å². The normalized spacial score (nSPS) is 14.3. The van der Waals surface area contributed by atoms with Gasteiger partial charge in [0.25, 0.3) is 22.8 Å². The smallest absolute Gasteiger partial charge is 0.273 e. The first-order valence-corrected chi connectivity index (χ1v) is 17.1. The molecule has 0 aromatic heterocycles. The Balaban J connectivity index is 0.000000278. The van der Waals surface area contributed by atoms with Gasteiger partial charge < -0.3 is 42.1 Å². The molecule has 2 saturated carbocycles. The number of rotatable bonds is 6. The Hall–Kier alpha value is -5.88. The molecule has 0 amide bonds. The molecule has 4 aromatic rings. The maximum absolute atomic E-state index is 10.5. The van der Waals surface area contributed by atoms with Gasteiger partial charge in [0.1, 0.15) is 28.6 Å². The molecule has 0 aliphatic heterocycles. The third kappa shape index (κ3) is 15.9. The van der Waals surface area contributed by atoms with E-state index in [0.717, 1.165) is 18.2 Å². The topological polar surface area (TPSA) is 313 Å². The minimum Gasteiger partial charge on any atom is -0.593 e. The molecule has 296 valence electrons. The van der Waals surface area contributed by atoms with Crippen molar-refractivity contribution in [2.24, 2.45) is 26.8 Å². The van der Waals surface area contributed by atoms with Gasteiger partial charge in [0, 0.05) is 64.6 Å².